The Bertz CT molecular complexity index is 2220. The molecular weight excluding hydrogens is 674 g/mol. The second-order valence-electron chi connectivity index (χ2n) is 12.7. The van der Waals surface area contributed by atoms with E-state index in [1.165, 1.54) is 43.5 Å². The quantitative estimate of drug-likeness (QED) is 0.206. The molecule has 0 aliphatic carbocycles. The van der Waals surface area contributed by atoms with Gasteiger partial charge in [0.2, 0.25) is 10.0 Å². The molecule has 2 heterocycles. The third-order valence-electron chi connectivity index (χ3n) is 8.39. The summed E-state index contributed by atoms with van der Waals surface area (Å²) in [6.07, 6.45) is 0.179. The Morgan fingerprint density at radius 3 is 2.47 bits per heavy atom. The van der Waals surface area contributed by atoms with Crippen LogP contribution in [0.3, 0.4) is 0 Å². The van der Waals surface area contributed by atoms with Gasteiger partial charge in [0, 0.05) is 17.3 Å². The van der Waals surface area contributed by atoms with E-state index in [4.69, 9.17) is 14.6 Å². The first-order valence-electron chi connectivity index (χ1n) is 15.1. The average Bonchev–Trinajstić information content (AvgIpc) is 3.18. The van der Waals surface area contributed by atoms with Crippen molar-refractivity contribution in [2.24, 2.45) is 10.6 Å². The van der Waals surface area contributed by atoms with Gasteiger partial charge in [0.15, 0.2) is 9.84 Å². The summed E-state index contributed by atoms with van der Waals surface area (Å²) in [4.78, 5) is 15.2. The van der Waals surface area contributed by atoms with Gasteiger partial charge in [-0.25, -0.2) is 26.4 Å². The molecule has 14 heteroatoms. The number of benzene rings is 4. The number of rotatable bonds is 7. The van der Waals surface area contributed by atoms with E-state index in [9.17, 15) is 26.7 Å². The molecule has 2 aliphatic rings. The summed E-state index contributed by atoms with van der Waals surface area (Å²) < 4.78 is 81.0. The van der Waals surface area contributed by atoms with Gasteiger partial charge in [0.1, 0.15) is 41.4 Å². The topological polar surface area (TPSA) is 165 Å². The summed E-state index contributed by atoms with van der Waals surface area (Å²) in [5.74, 6) is -2.32. The molecule has 0 radical (unpaired) electrons. The van der Waals surface area contributed by atoms with Crippen molar-refractivity contribution in [2.75, 3.05) is 23.1 Å². The molecule has 2 aliphatic heterocycles. The van der Waals surface area contributed by atoms with Crippen LogP contribution >= 0.6 is 0 Å². The molecule has 0 fully saturated rings. The van der Waals surface area contributed by atoms with Crippen LogP contribution in [-0.2, 0) is 26.5 Å². The van der Waals surface area contributed by atoms with Crippen molar-refractivity contribution >= 4 is 37.1 Å². The van der Waals surface area contributed by atoms with Crippen LogP contribution in [-0.4, -0.2) is 40.7 Å². The number of amides is 1. The number of sulfone groups is 1. The van der Waals surface area contributed by atoms with Crippen molar-refractivity contribution in [2.45, 2.75) is 37.8 Å². The summed E-state index contributed by atoms with van der Waals surface area (Å²) in [6, 6.07) is 19.3. The van der Waals surface area contributed by atoms with E-state index in [-0.39, 0.29) is 69.1 Å². The van der Waals surface area contributed by atoms with Gasteiger partial charge in [-0.2, -0.15) is 0 Å². The van der Waals surface area contributed by atoms with Crippen LogP contribution in [0.4, 0.5) is 15.8 Å². The van der Waals surface area contributed by atoms with E-state index < -0.39 is 47.9 Å². The molecule has 1 atom stereocenters. The molecule has 0 spiro atoms. The zero-order valence-electron chi connectivity index (χ0n) is 26.8. The normalized spacial score (nSPS) is 18.1. The van der Waals surface area contributed by atoms with Crippen molar-refractivity contribution in [3.05, 3.63) is 118 Å². The number of carbonyl (C=O) groups excluding carboxylic acids is 1. The first-order valence-corrected chi connectivity index (χ1v) is 18.3. The number of ether oxygens (including phenoxy) is 2. The van der Waals surface area contributed by atoms with E-state index in [0.29, 0.717) is 0 Å². The molecule has 4 N–H and O–H groups in total. The van der Waals surface area contributed by atoms with Crippen LogP contribution in [0.2, 0.25) is 0 Å². The number of phenolic OH excluding ortho intramolecular Hbond substituents is 1. The zero-order chi connectivity index (χ0) is 35.3. The minimum Gasteiger partial charge on any atom is -0.506 e. The SMILES string of the molecule is COc1ccc(S(N)(=O)=O)cc1C(=O)N1c2cccc(O)c2NC2=C(C1c1ccc(OCc3ccccc3)cc1F)S(=O)(=O)CC(C)(C)C2. The maximum absolute atomic E-state index is 16.5. The number of hydrogen-bond donors (Lipinski definition) is 3. The summed E-state index contributed by atoms with van der Waals surface area (Å²) in [5.41, 5.74) is -0.220. The fraction of sp³-hybridized carbons (Fsp3) is 0.229. The van der Waals surface area contributed by atoms with Crippen LogP contribution in [0.1, 0.15) is 47.8 Å². The smallest absolute Gasteiger partial charge is 0.263 e. The summed E-state index contributed by atoms with van der Waals surface area (Å²) in [5, 5.41) is 19.5. The van der Waals surface area contributed by atoms with Crippen molar-refractivity contribution in [3.63, 3.8) is 0 Å². The summed E-state index contributed by atoms with van der Waals surface area (Å²) >= 11 is 0. The third-order valence-corrected chi connectivity index (χ3v) is 11.6. The molecule has 4 aromatic carbocycles. The molecule has 11 nitrogen and oxygen atoms in total. The lowest BCUT2D eigenvalue weighted by Gasteiger charge is -2.37. The maximum Gasteiger partial charge on any atom is 0.263 e. The highest BCUT2D eigenvalue weighted by atomic mass is 32.2. The van der Waals surface area contributed by atoms with Gasteiger partial charge in [-0.3, -0.25) is 9.69 Å². The van der Waals surface area contributed by atoms with Gasteiger partial charge in [-0.1, -0.05) is 50.2 Å². The van der Waals surface area contributed by atoms with Gasteiger partial charge in [0.05, 0.1) is 33.9 Å². The largest absolute Gasteiger partial charge is 0.506 e. The van der Waals surface area contributed by atoms with Gasteiger partial charge < -0.3 is 19.9 Å². The minimum atomic E-state index is -4.30. The number of fused-ring (bicyclic) bond motifs is 1. The number of allylic oxidation sites excluding steroid dienone is 1. The number of methoxy groups -OCH3 is 1. The monoisotopic (exact) mass is 707 g/mol. The van der Waals surface area contributed by atoms with E-state index in [2.05, 4.69) is 5.32 Å². The highest BCUT2D eigenvalue weighted by Crippen LogP contribution is 2.52. The first kappa shape index (κ1) is 34.0. The molecule has 6 rings (SSSR count). The zero-order valence-corrected chi connectivity index (χ0v) is 28.4. The number of aromatic hydroxyl groups is 1. The number of nitrogens with one attached hydrogen (secondary N) is 1. The lowest BCUT2D eigenvalue weighted by atomic mass is 9.88. The summed E-state index contributed by atoms with van der Waals surface area (Å²) in [6.45, 7) is 3.69. The Labute approximate surface area is 283 Å². The number of halogens is 1. The number of sulfonamides is 1. The fourth-order valence-corrected chi connectivity index (χ4v) is 9.23. The number of anilines is 2. The molecule has 1 unspecified atom stereocenters. The number of phenols is 1. The second kappa shape index (κ2) is 12.5. The Hall–Kier alpha value is -4.92. The van der Waals surface area contributed by atoms with Crippen LogP contribution in [0, 0.1) is 11.2 Å². The van der Waals surface area contributed by atoms with Gasteiger partial charge in [-0.15, -0.1) is 0 Å². The van der Waals surface area contributed by atoms with E-state index in [1.807, 2.05) is 30.3 Å². The van der Waals surface area contributed by atoms with Gasteiger partial charge >= 0.3 is 0 Å². The number of para-hydroxylation sites is 1. The van der Waals surface area contributed by atoms with Crippen LogP contribution in [0.25, 0.3) is 0 Å². The predicted octanol–water partition coefficient (Wildman–Crippen LogP) is 5.64. The van der Waals surface area contributed by atoms with E-state index in [0.717, 1.165) is 28.7 Å². The second-order valence-corrected chi connectivity index (χ2v) is 16.2. The van der Waals surface area contributed by atoms with Crippen molar-refractivity contribution in [3.8, 4) is 17.2 Å². The van der Waals surface area contributed by atoms with Crippen LogP contribution < -0.4 is 24.8 Å². The lowest BCUT2D eigenvalue weighted by molar-refractivity contribution is 0.0977. The minimum absolute atomic E-state index is 0.00328. The maximum atomic E-state index is 16.5. The van der Waals surface area contributed by atoms with Crippen LogP contribution in [0.5, 0.6) is 17.2 Å². The molecule has 0 bridgehead atoms. The Balaban J connectivity index is 1.61. The molecule has 0 aromatic heterocycles. The standard InChI is InChI=1S/C35H34FN3O8S2/c1-35(2)18-27-33(48(42,43)20-35)32(24-14-12-22(16-26(24)36)47-19-21-8-5-4-6-9-21)39(28-10-7-11-29(40)31(28)38-27)34(41)25-17-23(49(37,44)45)13-15-30(25)46-3/h4-17,32,38,40H,18-20H2,1-3H3,(H2,37,44,45). The fourth-order valence-electron chi connectivity index (χ4n) is 6.33. The van der Waals surface area contributed by atoms with Crippen molar-refractivity contribution in [1.29, 1.82) is 0 Å². The lowest BCUT2D eigenvalue weighted by Crippen LogP contribution is -2.41. The molecule has 4 aromatic rings. The molecular formula is C35H34FN3O8S2. The Morgan fingerprint density at radius 2 is 1.80 bits per heavy atom. The highest BCUT2D eigenvalue weighted by Gasteiger charge is 2.48. The summed E-state index contributed by atoms with van der Waals surface area (Å²) in [7, 11) is -7.24. The Morgan fingerprint density at radius 1 is 1.06 bits per heavy atom. The van der Waals surface area contributed by atoms with Crippen LogP contribution in [0.15, 0.2) is 100 Å². The van der Waals surface area contributed by atoms with Crippen molar-refractivity contribution < 1.29 is 40.6 Å². The van der Waals surface area contributed by atoms with Gasteiger partial charge in [-0.05, 0) is 59.9 Å². The number of hydrogen-bond acceptors (Lipinski definition) is 9. The van der Waals surface area contributed by atoms with Crippen molar-refractivity contribution in [1.82, 2.24) is 0 Å². The molecule has 49 heavy (non-hydrogen) atoms. The van der Waals surface area contributed by atoms with Gasteiger partial charge in [0.25, 0.3) is 5.91 Å². The molecule has 256 valence electrons. The molecule has 1 amide bonds. The predicted molar refractivity (Wildman–Crippen MR) is 182 cm³/mol. The number of nitrogens with zero attached hydrogens (tertiary/aromatic N) is 1. The number of primary sulfonamides is 1. The number of carbonyl (C=O) groups is 1. The van der Waals surface area contributed by atoms with E-state index >= 15 is 4.39 Å². The molecule has 0 saturated heterocycles. The number of nitrogens with two attached hydrogens (primary N) is 1. The third kappa shape index (κ3) is 6.58. The first-order chi connectivity index (χ1) is 23.1. The average molecular weight is 708 g/mol. The Kier molecular flexibility index (Phi) is 8.67. The molecule has 0 saturated carbocycles. The highest BCUT2D eigenvalue weighted by molar-refractivity contribution is 7.95. The van der Waals surface area contributed by atoms with E-state index in [1.54, 1.807) is 13.8 Å².